The molecule has 9 nitrogen and oxygen atoms in total. The summed E-state index contributed by atoms with van der Waals surface area (Å²) in [5.41, 5.74) is 6.63. The number of para-hydroxylation sites is 1. The van der Waals surface area contributed by atoms with E-state index in [9.17, 15) is 9.47 Å². The minimum absolute atomic E-state index is 0.309. The van der Waals surface area contributed by atoms with Gasteiger partial charge in [-0.2, -0.15) is 9.62 Å². The molecule has 0 saturated carbocycles. The molecule has 11 heteroatoms. The van der Waals surface area contributed by atoms with Crippen molar-refractivity contribution in [1.29, 1.82) is 5.26 Å². The summed E-state index contributed by atoms with van der Waals surface area (Å²) in [6, 6.07) is 15.4. The first-order valence-electron chi connectivity index (χ1n) is 14.1. The summed E-state index contributed by atoms with van der Waals surface area (Å²) in [5, 5.41) is 14.2. The molecule has 2 aromatic heterocycles. The average molecular weight is 602 g/mol. The van der Waals surface area contributed by atoms with Gasteiger partial charge in [0.25, 0.3) is 0 Å². The Hall–Kier alpha value is -3.56. The molecule has 0 saturated heterocycles. The molecule has 5 rings (SSSR count). The summed E-state index contributed by atoms with van der Waals surface area (Å²) in [5.74, 6) is 0.409. The van der Waals surface area contributed by atoms with Crippen molar-refractivity contribution in [2.75, 3.05) is 38.0 Å². The van der Waals surface area contributed by atoms with Crippen LogP contribution >= 0.6 is 0 Å². The van der Waals surface area contributed by atoms with Crippen molar-refractivity contribution in [3.63, 3.8) is 0 Å². The van der Waals surface area contributed by atoms with Crippen LogP contribution in [0.2, 0.25) is 25.7 Å². The Morgan fingerprint density at radius 3 is 2.74 bits per heavy atom. The van der Waals surface area contributed by atoms with Crippen LogP contribution in [0.3, 0.4) is 0 Å². The third-order valence-electron chi connectivity index (χ3n) is 7.25. The molecule has 0 spiro atoms. The molecule has 4 aromatic rings. The van der Waals surface area contributed by atoms with Gasteiger partial charge in [0, 0.05) is 72.8 Å². The number of nitrogens with one attached hydrogen (secondary N) is 1. The molecular formula is C31H39N7O2SSi. The van der Waals surface area contributed by atoms with Crippen molar-refractivity contribution in [2.24, 2.45) is 4.36 Å². The molecule has 0 unspecified atom stereocenters. The van der Waals surface area contributed by atoms with Crippen molar-refractivity contribution in [1.82, 2.24) is 19.4 Å². The SMILES string of the molecule is CN1CCc2ccc(Nc3ncc(C#N)c(-c4cn(COCC[Si](C)(C)C)c5c(N=S(C)(C)=O)cccc45)n3)cc2C1. The summed E-state index contributed by atoms with van der Waals surface area (Å²) in [6.45, 7) is 9.89. The Kier molecular flexibility index (Phi) is 8.53. The van der Waals surface area contributed by atoms with Gasteiger partial charge in [-0.1, -0.05) is 37.8 Å². The molecule has 2 aromatic carbocycles. The van der Waals surface area contributed by atoms with Crippen LogP contribution in [-0.4, -0.2) is 64.4 Å². The predicted molar refractivity (Wildman–Crippen MR) is 174 cm³/mol. The number of benzene rings is 2. The molecule has 220 valence electrons. The Morgan fingerprint density at radius 2 is 2.00 bits per heavy atom. The lowest BCUT2D eigenvalue weighted by Gasteiger charge is -2.25. The number of anilines is 2. The van der Waals surface area contributed by atoms with E-state index in [0.717, 1.165) is 47.7 Å². The highest BCUT2D eigenvalue weighted by atomic mass is 32.2. The number of nitrogens with zero attached hydrogens (tertiary/aromatic N) is 6. The molecule has 0 radical (unpaired) electrons. The van der Waals surface area contributed by atoms with Crippen LogP contribution in [0, 0.1) is 11.3 Å². The van der Waals surface area contributed by atoms with E-state index in [2.05, 4.69) is 70.5 Å². The van der Waals surface area contributed by atoms with E-state index >= 15 is 0 Å². The number of hydrogen-bond donors (Lipinski definition) is 1. The maximum atomic E-state index is 12.7. The van der Waals surface area contributed by atoms with Gasteiger partial charge in [0.2, 0.25) is 5.95 Å². The van der Waals surface area contributed by atoms with Crippen molar-refractivity contribution >= 4 is 46.0 Å². The van der Waals surface area contributed by atoms with Crippen molar-refractivity contribution in [2.45, 2.75) is 45.4 Å². The van der Waals surface area contributed by atoms with Gasteiger partial charge in [-0.25, -0.2) is 14.2 Å². The van der Waals surface area contributed by atoms with E-state index < -0.39 is 17.8 Å². The molecule has 0 amide bonds. The van der Waals surface area contributed by atoms with Crippen LogP contribution in [0.25, 0.3) is 22.2 Å². The van der Waals surface area contributed by atoms with E-state index in [1.54, 1.807) is 18.7 Å². The van der Waals surface area contributed by atoms with Crippen molar-refractivity contribution in [3.8, 4) is 17.3 Å². The zero-order chi connectivity index (χ0) is 30.1. The van der Waals surface area contributed by atoms with Crippen LogP contribution in [0.4, 0.5) is 17.3 Å². The molecular weight excluding hydrogens is 563 g/mol. The second-order valence-corrected chi connectivity index (χ2v) is 20.6. The number of rotatable bonds is 9. The fraction of sp³-hybridized carbons (Fsp3) is 0.387. The largest absolute Gasteiger partial charge is 0.361 e. The van der Waals surface area contributed by atoms with E-state index in [1.807, 2.05) is 29.0 Å². The van der Waals surface area contributed by atoms with Crippen LogP contribution in [0.1, 0.15) is 16.7 Å². The van der Waals surface area contributed by atoms with E-state index in [4.69, 9.17) is 9.72 Å². The summed E-state index contributed by atoms with van der Waals surface area (Å²) in [4.78, 5) is 11.6. The van der Waals surface area contributed by atoms with Gasteiger partial charge in [0.05, 0.1) is 28.7 Å². The summed E-state index contributed by atoms with van der Waals surface area (Å²) in [6.07, 6.45) is 7.80. The molecule has 3 heterocycles. The highest BCUT2D eigenvalue weighted by molar-refractivity contribution is 7.92. The fourth-order valence-electron chi connectivity index (χ4n) is 5.12. The van der Waals surface area contributed by atoms with Gasteiger partial charge < -0.3 is 19.5 Å². The van der Waals surface area contributed by atoms with Crippen molar-refractivity contribution < 1.29 is 8.95 Å². The maximum absolute atomic E-state index is 12.7. The molecule has 0 bridgehead atoms. The molecule has 0 fully saturated rings. The molecule has 0 aliphatic carbocycles. The Morgan fingerprint density at radius 1 is 1.19 bits per heavy atom. The minimum Gasteiger partial charge on any atom is -0.361 e. The third-order valence-corrected chi connectivity index (χ3v) is 9.59. The van der Waals surface area contributed by atoms with Crippen molar-refractivity contribution in [3.05, 3.63) is 65.5 Å². The second kappa shape index (κ2) is 12.0. The number of ether oxygens (including phenoxy) is 1. The summed E-state index contributed by atoms with van der Waals surface area (Å²) < 4.78 is 25.4. The number of hydrogen-bond acceptors (Lipinski definition) is 8. The highest BCUT2D eigenvalue weighted by Crippen LogP contribution is 2.37. The second-order valence-electron chi connectivity index (χ2n) is 12.5. The fourth-order valence-corrected chi connectivity index (χ4v) is 6.49. The molecule has 1 N–H and O–H groups in total. The zero-order valence-corrected chi connectivity index (χ0v) is 27.1. The van der Waals surface area contributed by atoms with Crippen LogP contribution in [0.15, 0.2) is 53.2 Å². The van der Waals surface area contributed by atoms with Gasteiger partial charge in [0.1, 0.15) is 12.8 Å². The Bertz CT molecular complexity index is 1790. The van der Waals surface area contributed by atoms with E-state index in [1.165, 1.54) is 11.1 Å². The lowest BCUT2D eigenvalue weighted by Crippen LogP contribution is -2.26. The first-order chi connectivity index (χ1) is 19.9. The smallest absolute Gasteiger partial charge is 0.227 e. The molecule has 0 atom stereocenters. The topological polar surface area (TPSA) is 108 Å². The Balaban J connectivity index is 1.56. The number of aromatic nitrogens is 3. The number of fused-ring (bicyclic) bond motifs is 2. The van der Waals surface area contributed by atoms with Gasteiger partial charge in [-0.05, 0) is 48.8 Å². The van der Waals surface area contributed by atoms with E-state index in [0.29, 0.717) is 36.2 Å². The minimum atomic E-state index is -2.41. The van der Waals surface area contributed by atoms with Gasteiger partial charge in [0.15, 0.2) is 0 Å². The van der Waals surface area contributed by atoms with Crippen LogP contribution in [0.5, 0.6) is 0 Å². The third kappa shape index (κ3) is 7.07. The average Bonchev–Trinajstić information content (AvgIpc) is 3.29. The molecule has 1 aliphatic rings. The lowest BCUT2D eigenvalue weighted by atomic mass is 9.99. The van der Waals surface area contributed by atoms with Gasteiger partial charge >= 0.3 is 0 Å². The monoisotopic (exact) mass is 601 g/mol. The quantitative estimate of drug-likeness (QED) is 0.175. The number of nitriles is 1. The summed E-state index contributed by atoms with van der Waals surface area (Å²) in [7, 11) is -1.54. The lowest BCUT2D eigenvalue weighted by molar-refractivity contribution is 0.0903. The molecule has 1 aliphatic heterocycles. The predicted octanol–water partition coefficient (Wildman–Crippen LogP) is 6.37. The van der Waals surface area contributed by atoms with Crippen LogP contribution in [-0.2, 0) is 34.2 Å². The van der Waals surface area contributed by atoms with E-state index in [-0.39, 0.29) is 0 Å². The standard InChI is InChI=1S/C31H39N7O2SSi/c1-37-13-12-22-10-11-25(16-23(22)19-37)34-31-33-18-24(17-32)29(35-31)27-20-38(21-40-14-15-42(4,5)6)30-26(27)8-7-9-28(30)36-41(2,3)39/h7-11,16,18,20H,12-15,19,21H2,1-6H3,(H,33,34,35). The highest BCUT2D eigenvalue weighted by Gasteiger charge is 2.20. The normalized spacial score (nSPS) is 14.0. The van der Waals surface area contributed by atoms with Gasteiger partial charge in [-0.15, -0.1) is 0 Å². The van der Waals surface area contributed by atoms with Gasteiger partial charge in [-0.3, -0.25) is 0 Å². The number of likely N-dealkylation sites (N-methyl/N-ethyl adjacent to an activating group) is 1. The summed E-state index contributed by atoms with van der Waals surface area (Å²) >= 11 is 0. The first kappa shape index (κ1) is 29.9. The Labute approximate surface area is 249 Å². The maximum Gasteiger partial charge on any atom is 0.227 e. The van der Waals surface area contributed by atoms with Crippen LogP contribution < -0.4 is 5.32 Å². The zero-order valence-electron chi connectivity index (χ0n) is 25.3. The molecule has 42 heavy (non-hydrogen) atoms. The first-order valence-corrected chi connectivity index (χ1v) is 20.2.